The van der Waals surface area contributed by atoms with Gasteiger partial charge in [0.25, 0.3) is 0 Å². The van der Waals surface area contributed by atoms with Gasteiger partial charge in [0.15, 0.2) is 11.3 Å². The lowest BCUT2D eigenvalue weighted by molar-refractivity contribution is -0.141. The Morgan fingerprint density at radius 3 is 2.58 bits per heavy atom. The first kappa shape index (κ1) is 20.0. The van der Waals surface area contributed by atoms with E-state index in [1.165, 1.54) is 26.0 Å². The van der Waals surface area contributed by atoms with E-state index in [0.29, 0.717) is 16.1 Å². The molecule has 140 valence electrons. The third-order valence-corrected chi connectivity index (χ3v) is 3.96. The number of hydrogen-bond donors (Lipinski definition) is 0. The molecule has 0 radical (unpaired) electrons. The molecule has 0 aromatic carbocycles. The van der Waals surface area contributed by atoms with E-state index in [1.807, 2.05) is 0 Å². The Morgan fingerprint density at radius 1 is 1.31 bits per heavy atom. The normalized spacial score (nSPS) is 11.9. The van der Waals surface area contributed by atoms with Gasteiger partial charge in [-0.2, -0.15) is 13.2 Å². The smallest absolute Gasteiger partial charge is 0.406 e. The van der Waals surface area contributed by atoms with E-state index >= 15 is 0 Å². The van der Waals surface area contributed by atoms with Crippen LogP contribution in [-0.4, -0.2) is 29.1 Å². The van der Waals surface area contributed by atoms with E-state index in [4.69, 9.17) is 9.15 Å². The molecule has 0 aliphatic heterocycles. The van der Waals surface area contributed by atoms with Crippen molar-refractivity contribution in [2.24, 2.45) is 0 Å². The number of carbonyl (C=O) groups is 2. The summed E-state index contributed by atoms with van der Waals surface area (Å²) in [6.45, 7) is 1.15. The Hall–Kier alpha value is -2.29. The summed E-state index contributed by atoms with van der Waals surface area (Å²) in [5.41, 5.74) is 0.577. The monoisotopic (exact) mass is 433 g/mol. The van der Waals surface area contributed by atoms with Crippen molar-refractivity contribution in [3.05, 3.63) is 51.7 Å². The quantitative estimate of drug-likeness (QED) is 0.383. The van der Waals surface area contributed by atoms with E-state index in [9.17, 15) is 22.8 Å². The number of esters is 1. The molecule has 5 nitrogen and oxygen atoms in total. The maximum atomic E-state index is 12.6. The Bertz CT molecular complexity index is 849. The number of aromatic nitrogens is 1. The van der Waals surface area contributed by atoms with Gasteiger partial charge in [-0.1, -0.05) is 0 Å². The fourth-order valence-corrected chi connectivity index (χ4v) is 2.66. The highest BCUT2D eigenvalue weighted by Gasteiger charge is 2.30. The molecular formula is C17H15BrF3NO4. The van der Waals surface area contributed by atoms with Crippen LogP contribution in [0.1, 0.15) is 27.5 Å². The van der Waals surface area contributed by atoms with Gasteiger partial charge in [0.1, 0.15) is 12.3 Å². The van der Waals surface area contributed by atoms with Crippen molar-refractivity contribution in [3.8, 4) is 0 Å². The fraction of sp³-hybridized carbons (Fsp3) is 0.294. The molecule has 0 aliphatic rings. The van der Waals surface area contributed by atoms with Crippen LogP contribution in [0.15, 0.2) is 33.4 Å². The van der Waals surface area contributed by atoms with Crippen LogP contribution in [0, 0.1) is 13.8 Å². The van der Waals surface area contributed by atoms with E-state index in [1.54, 1.807) is 12.1 Å². The predicted molar refractivity (Wildman–Crippen MR) is 90.7 cm³/mol. The molecule has 9 heteroatoms. The lowest BCUT2D eigenvalue weighted by Crippen LogP contribution is -2.20. The average Bonchev–Trinajstić information content (AvgIpc) is 3.07. The number of ether oxygens (including phenoxy) is 1. The summed E-state index contributed by atoms with van der Waals surface area (Å²) >= 11 is 3.11. The van der Waals surface area contributed by atoms with E-state index < -0.39 is 31.1 Å². The number of hydrogen-bond acceptors (Lipinski definition) is 4. The number of Topliss-reactive ketones (excluding diaryl/α,β-unsaturated/α-hetero) is 1. The van der Waals surface area contributed by atoms with Gasteiger partial charge in [0.05, 0.1) is 0 Å². The highest BCUT2D eigenvalue weighted by atomic mass is 79.9. The molecule has 0 fully saturated rings. The molecule has 2 aromatic rings. The minimum atomic E-state index is -4.40. The van der Waals surface area contributed by atoms with Gasteiger partial charge < -0.3 is 13.7 Å². The van der Waals surface area contributed by atoms with E-state index in [2.05, 4.69) is 15.9 Å². The minimum absolute atomic E-state index is 0.0958. The van der Waals surface area contributed by atoms with Gasteiger partial charge in [-0.25, -0.2) is 4.79 Å². The maximum Gasteiger partial charge on any atom is 0.406 e. The lowest BCUT2D eigenvalue weighted by atomic mass is 10.1. The van der Waals surface area contributed by atoms with Crippen LogP contribution in [0.5, 0.6) is 0 Å². The molecule has 26 heavy (non-hydrogen) atoms. The topological polar surface area (TPSA) is 61.4 Å². The average molecular weight is 434 g/mol. The zero-order chi connectivity index (χ0) is 19.5. The second-order valence-corrected chi connectivity index (χ2v) is 6.27. The molecule has 2 aromatic heterocycles. The molecule has 0 bridgehead atoms. The standard InChI is InChI=1S/C17H15BrF3NO4/c1-10-7-13(11(2)22(10)9-17(19,20)21)14(23)8-25-16(24)6-4-12-3-5-15(18)26-12/h3-7H,8-9H2,1-2H3/b6-4+. The van der Waals surface area contributed by atoms with Crippen molar-refractivity contribution >= 4 is 33.8 Å². The number of alkyl halides is 3. The first-order valence-corrected chi connectivity index (χ1v) is 8.23. The van der Waals surface area contributed by atoms with Crippen LogP contribution < -0.4 is 0 Å². The molecule has 0 saturated heterocycles. The van der Waals surface area contributed by atoms with E-state index in [-0.39, 0.29) is 11.3 Å². The molecular weight excluding hydrogens is 419 g/mol. The highest BCUT2D eigenvalue weighted by molar-refractivity contribution is 9.10. The molecule has 0 atom stereocenters. The van der Waals surface area contributed by atoms with Crippen molar-refractivity contribution in [2.75, 3.05) is 6.61 Å². The predicted octanol–water partition coefficient (Wildman–Crippen LogP) is 4.46. The summed E-state index contributed by atoms with van der Waals surface area (Å²) in [5.74, 6) is -0.931. The number of rotatable bonds is 6. The molecule has 0 amide bonds. The van der Waals surface area contributed by atoms with Gasteiger partial charge in [0.2, 0.25) is 5.78 Å². The second kappa shape index (κ2) is 7.94. The Balaban J connectivity index is 1.98. The molecule has 0 N–H and O–H groups in total. The first-order valence-electron chi connectivity index (χ1n) is 7.43. The summed E-state index contributed by atoms with van der Waals surface area (Å²) < 4.78 is 49.3. The van der Waals surface area contributed by atoms with Crippen LogP contribution >= 0.6 is 15.9 Å². The van der Waals surface area contributed by atoms with Gasteiger partial charge in [-0.15, -0.1) is 0 Å². The van der Waals surface area contributed by atoms with Crippen molar-refractivity contribution < 1.29 is 31.9 Å². The van der Waals surface area contributed by atoms with Crippen molar-refractivity contribution in [2.45, 2.75) is 26.6 Å². The van der Waals surface area contributed by atoms with Crippen LogP contribution in [0.4, 0.5) is 13.2 Å². The van der Waals surface area contributed by atoms with Crippen molar-refractivity contribution in [1.82, 2.24) is 4.57 Å². The number of carbonyl (C=O) groups excluding carboxylic acids is 2. The molecule has 2 rings (SSSR count). The fourth-order valence-electron chi connectivity index (χ4n) is 2.34. The minimum Gasteiger partial charge on any atom is -0.454 e. The van der Waals surface area contributed by atoms with Gasteiger partial charge in [0, 0.05) is 23.0 Å². The third-order valence-electron chi connectivity index (χ3n) is 3.53. The van der Waals surface area contributed by atoms with Gasteiger partial charge in [-0.05, 0) is 54.1 Å². The Morgan fingerprint density at radius 2 is 2.00 bits per heavy atom. The molecule has 0 unspecified atom stereocenters. The van der Waals surface area contributed by atoms with Crippen LogP contribution in [0.2, 0.25) is 0 Å². The number of furan rings is 1. The van der Waals surface area contributed by atoms with Crippen LogP contribution in [0.3, 0.4) is 0 Å². The number of nitrogens with zero attached hydrogens (tertiary/aromatic N) is 1. The Kier molecular flexibility index (Phi) is 6.12. The van der Waals surface area contributed by atoms with Gasteiger partial charge in [-0.3, -0.25) is 4.79 Å². The van der Waals surface area contributed by atoms with Crippen LogP contribution in [0.25, 0.3) is 6.08 Å². The Labute approximate surface area is 155 Å². The molecule has 0 spiro atoms. The van der Waals surface area contributed by atoms with Crippen molar-refractivity contribution in [3.63, 3.8) is 0 Å². The number of aryl methyl sites for hydroxylation is 1. The molecule has 0 aliphatic carbocycles. The highest BCUT2D eigenvalue weighted by Crippen LogP contribution is 2.23. The zero-order valence-corrected chi connectivity index (χ0v) is 15.5. The molecule has 2 heterocycles. The summed E-state index contributed by atoms with van der Waals surface area (Å²) in [7, 11) is 0. The number of halogens is 4. The molecule has 0 saturated carbocycles. The van der Waals surface area contributed by atoms with E-state index in [0.717, 1.165) is 10.6 Å². The lowest BCUT2D eigenvalue weighted by Gasteiger charge is -2.12. The second-order valence-electron chi connectivity index (χ2n) is 5.49. The third kappa shape index (κ3) is 5.35. The number of ketones is 1. The SMILES string of the molecule is Cc1cc(C(=O)COC(=O)/C=C/c2ccc(Br)o2)c(C)n1CC(F)(F)F. The summed E-state index contributed by atoms with van der Waals surface area (Å²) in [4.78, 5) is 23.8. The first-order chi connectivity index (χ1) is 12.1. The van der Waals surface area contributed by atoms with Crippen molar-refractivity contribution in [1.29, 1.82) is 0 Å². The largest absolute Gasteiger partial charge is 0.454 e. The summed E-state index contributed by atoms with van der Waals surface area (Å²) in [6.07, 6.45) is -1.94. The zero-order valence-electron chi connectivity index (χ0n) is 13.9. The van der Waals surface area contributed by atoms with Gasteiger partial charge >= 0.3 is 12.1 Å². The van der Waals surface area contributed by atoms with Crippen LogP contribution in [-0.2, 0) is 16.1 Å². The summed E-state index contributed by atoms with van der Waals surface area (Å²) in [5, 5.41) is 0. The summed E-state index contributed by atoms with van der Waals surface area (Å²) in [6, 6.07) is 4.62. The maximum absolute atomic E-state index is 12.6.